The lowest BCUT2D eigenvalue weighted by Crippen LogP contribution is -2.12. The maximum atomic E-state index is 13.0. The van der Waals surface area contributed by atoms with Crippen LogP contribution in [0.4, 0.5) is 0 Å². The second-order valence-corrected chi connectivity index (χ2v) is 5.56. The van der Waals surface area contributed by atoms with Crippen molar-refractivity contribution in [3.8, 4) is 5.75 Å². The zero-order valence-corrected chi connectivity index (χ0v) is 11.6. The number of benzene rings is 3. The lowest BCUT2D eigenvalue weighted by Gasteiger charge is -2.05. The number of hydrogen-bond acceptors (Lipinski definition) is 2. The predicted molar refractivity (Wildman–Crippen MR) is 89.0 cm³/mol. The molecule has 2 aromatic heterocycles. The van der Waals surface area contributed by atoms with Crippen molar-refractivity contribution in [3.05, 3.63) is 71.0 Å². The Kier molecular flexibility index (Phi) is 1.98. The van der Waals surface area contributed by atoms with Crippen molar-refractivity contribution in [1.29, 1.82) is 0 Å². The van der Waals surface area contributed by atoms with Gasteiger partial charge in [0.15, 0.2) is 0 Å². The second kappa shape index (κ2) is 3.77. The zero-order valence-electron chi connectivity index (χ0n) is 11.6. The fourth-order valence-corrected chi connectivity index (χ4v) is 3.54. The maximum Gasteiger partial charge on any atom is 0.263 e. The fourth-order valence-electron chi connectivity index (χ4n) is 3.54. The molecule has 0 aliphatic rings. The van der Waals surface area contributed by atoms with E-state index in [9.17, 15) is 9.90 Å². The van der Waals surface area contributed by atoms with Crippen LogP contribution in [0.1, 0.15) is 0 Å². The van der Waals surface area contributed by atoms with Crippen LogP contribution in [0, 0.1) is 0 Å². The average molecular weight is 285 g/mol. The number of rotatable bonds is 0. The van der Waals surface area contributed by atoms with Crippen LogP contribution in [0.2, 0.25) is 0 Å². The van der Waals surface area contributed by atoms with E-state index in [0.717, 1.165) is 27.1 Å². The van der Waals surface area contributed by atoms with Crippen molar-refractivity contribution in [2.45, 2.75) is 0 Å². The van der Waals surface area contributed by atoms with E-state index in [-0.39, 0.29) is 11.3 Å². The third kappa shape index (κ3) is 1.20. The summed E-state index contributed by atoms with van der Waals surface area (Å²) < 4.78 is 1.65. The molecular weight excluding hydrogens is 274 g/mol. The molecule has 0 aliphatic carbocycles. The standard InChI is InChI=1S/C19H11NO2/c21-16-10-4-9-14-13-8-3-7-12-11-5-1-2-6-15(11)19(22)20(17(12)13)18(14)16/h1-10,21H. The number of aromatic hydroxyl groups is 1. The lowest BCUT2D eigenvalue weighted by atomic mass is 10.0. The molecule has 0 radical (unpaired) electrons. The van der Waals surface area contributed by atoms with Gasteiger partial charge in [0, 0.05) is 21.5 Å². The molecule has 0 spiro atoms. The minimum atomic E-state index is -0.0872. The summed E-state index contributed by atoms with van der Waals surface area (Å²) in [6.45, 7) is 0. The Labute approximate surface area is 125 Å². The van der Waals surface area contributed by atoms with E-state index < -0.39 is 0 Å². The van der Waals surface area contributed by atoms with E-state index in [0.29, 0.717) is 10.9 Å². The van der Waals surface area contributed by atoms with Crippen LogP contribution in [0.15, 0.2) is 65.5 Å². The smallest absolute Gasteiger partial charge is 0.263 e. The van der Waals surface area contributed by atoms with Gasteiger partial charge in [0.1, 0.15) is 5.75 Å². The molecule has 0 amide bonds. The first-order valence-electron chi connectivity index (χ1n) is 7.16. The Morgan fingerprint density at radius 1 is 0.636 bits per heavy atom. The summed E-state index contributed by atoms with van der Waals surface area (Å²) in [5.74, 6) is 0.132. The Hall–Kier alpha value is -3.07. The normalized spacial score (nSPS) is 12.0. The number of phenols is 1. The maximum absolute atomic E-state index is 13.0. The third-order valence-electron chi connectivity index (χ3n) is 4.44. The van der Waals surface area contributed by atoms with Crippen LogP contribution >= 0.6 is 0 Å². The van der Waals surface area contributed by atoms with Gasteiger partial charge in [0.05, 0.1) is 11.0 Å². The van der Waals surface area contributed by atoms with Crippen LogP contribution in [0.5, 0.6) is 5.75 Å². The summed E-state index contributed by atoms with van der Waals surface area (Å²) in [6, 6.07) is 19.0. The molecule has 5 rings (SSSR count). The molecule has 0 unspecified atom stereocenters. The van der Waals surface area contributed by atoms with Crippen LogP contribution in [-0.4, -0.2) is 9.51 Å². The van der Waals surface area contributed by atoms with E-state index in [1.54, 1.807) is 10.5 Å². The summed E-state index contributed by atoms with van der Waals surface area (Å²) in [5, 5.41) is 14.8. The summed E-state index contributed by atoms with van der Waals surface area (Å²) in [4.78, 5) is 13.0. The number of phenolic OH excluding ortho intramolecular Hbond substituents is 1. The van der Waals surface area contributed by atoms with E-state index in [4.69, 9.17) is 0 Å². The largest absolute Gasteiger partial charge is 0.506 e. The van der Waals surface area contributed by atoms with Gasteiger partial charge in [-0.25, -0.2) is 0 Å². The van der Waals surface area contributed by atoms with Crippen molar-refractivity contribution in [1.82, 2.24) is 4.40 Å². The number of nitrogens with zero attached hydrogens (tertiary/aromatic N) is 1. The van der Waals surface area contributed by atoms with E-state index in [1.807, 2.05) is 54.6 Å². The highest BCUT2D eigenvalue weighted by atomic mass is 16.3. The van der Waals surface area contributed by atoms with E-state index in [1.165, 1.54) is 0 Å². The molecule has 22 heavy (non-hydrogen) atoms. The van der Waals surface area contributed by atoms with Crippen LogP contribution in [-0.2, 0) is 0 Å². The molecule has 0 atom stereocenters. The summed E-state index contributed by atoms with van der Waals surface area (Å²) >= 11 is 0. The molecule has 0 fully saturated rings. The van der Waals surface area contributed by atoms with Crippen LogP contribution in [0.25, 0.3) is 38.0 Å². The monoisotopic (exact) mass is 285 g/mol. The van der Waals surface area contributed by atoms with Gasteiger partial charge in [-0.05, 0) is 17.5 Å². The fraction of sp³-hybridized carbons (Fsp3) is 0. The molecule has 1 N–H and O–H groups in total. The van der Waals surface area contributed by atoms with Crippen molar-refractivity contribution >= 4 is 38.0 Å². The molecule has 5 aromatic rings. The highest BCUT2D eigenvalue weighted by molar-refractivity contribution is 6.20. The van der Waals surface area contributed by atoms with Crippen molar-refractivity contribution in [2.75, 3.05) is 0 Å². The van der Waals surface area contributed by atoms with Crippen molar-refractivity contribution < 1.29 is 5.11 Å². The molecule has 3 heteroatoms. The topological polar surface area (TPSA) is 41.7 Å². The molecule has 2 heterocycles. The molecule has 3 nitrogen and oxygen atoms in total. The summed E-state index contributed by atoms with van der Waals surface area (Å²) in [7, 11) is 0. The first-order chi connectivity index (χ1) is 10.8. The number of hydrogen-bond donors (Lipinski definition) is 1. The molecule has 104 valence electrons. The summed E-state index contributed by atoms with van der Waals surface area (Å²) in [6.07, 6.45) is 0. The van der Waals surface area contributed by atoms with Gasteiger partial charge in [-0.3, -0.25) is 9.20 Å². The number of aromatic nitrogens is 1. The number of para-hydroxylation sites is 2. The molecule has 0 aliphatic heterocycles. The van der Waals surface area contributed by atoms with Crippen LogP contribution in [0.3, 0.4) is 0 Å². The summed E-state index contributed by atoms with van der Waals surface area (Å²) in [5.41, 5.74) is 1.38. The Morgan fingerprint density at radius 2 is 1.18 bits per heavy atom. The Morgan fingerprint density at radius 3 is 1.95 bits per heavy atom. The van der Waals surface area contributed by atoms with Crippen LogP contribution < -0.4 is 5.56 Å². The zero-order chi connectivity index (χ0) is 14.8. The van der Waals surface area contributed by atoms with E-state index >= 15 is 0 Å². The molecular formula is C19H11NO2. The predicted octanol–water partition coefficient (Wildman–Crippen LogP) is 3.90. The first kappa shape index (κ1) is 11.6. The van der Waals surface area contributed by atoms with Gasteiger partial charge in [0.2, 0.25) is 0 Å². The molecule has 0 saturated heterocycles. The first-order valence-corrected chi connectivity index (χ1v) is 7.16. The molecule has 3 aromatic carbocycles. The van der Waals surface area contributed by atoms with Crippen molar-refractivity contribution in [3.63, 3.8) is 0 Å². The second-order valence-electron chi connectivity index (χ2n) is 5.56. The SMILES string of the molecule is O=c1c2ccccc2c2cccc3c4cccc(O)c4n1c23. The van der Waals surface area contributed by atoms with Gasteiger partial charge in [-0.15, -0.1) is 0 Å². The minimum absolute atomic E-state index is 0.0872. The quantitative estimate of drug-likeness (QED) is 0.438. The van der Waals surface area contributed by atoms with Crippen molar-refractivity contribution in [2.24, 2.45) is 0 Å². The Balaban J connectivity index is 2.33. The lowest BCUT2D eigenvalue weighted by molar-refractivity contribution is 0.480. The van der Waals surface area contributed by atoms with Gasteiger partial charge >= 0.3 is 0 Å². The number of pyridine rings is 1. The average Bonchev–Trinajstić information content (AvgIpc) is 2.90. The number of fused-ring (bicyclic) bond motifs is 5. The van der Waals surface area contributed by atoms with E-state index in [2.05, 4.69) is 0 Å². The highest BCUT2D eigenvalue weighted by Gasteiger charge is 2.18. The van der Waals surface area contributed by atoms with Gasteiger partial charge in [-0.1, -0.05) is 48.5 Å². The van der Waals surface area contributed by atoms with Gasteiger partial charge < -0.3 is 5.11 Å². The van der Waals surface area contributed by atoms with Gasteiger partial charge in [-0.2, -0.15) is 0 Å². The third-order valence-corrected chi connectivity index (χ3v) is 4.44. The minimum Gasteiger partial charge on any atom is -0.506 e. The molecule has 0 saturated carbocycles. The highest BCUT2D eigenvalue weighted by Crippen LogP contribution is 2.36. The van der Waals surface area contributed by atoms with Gasteiger partial charge in [0.25, 0.3) is 5.56 Å². The Bertz CT molecular complexity index is 1250. The molecule has 0 bridgehead atoms.